The number of carbonyl (C=O) groups is 4. The average molecular weight is 1290 g/mol. The number of nitrogens with one attached hydrogen (secondary N) is 2. The molecule has 91 heavy (non-hydrogen) atoms. The van der Waals surface area contributed by atoms with Crippen LogP contribution in [0.15, 0.2) is 118 Å². The van der Waals surface area contributed by atoms with E-state index >= 15 is 0 Å². The van der Waals surface area contributed by atoms with Crippen molar-refractivity contribution >= 4 is 88.5 Å². The molecule has 2 fully saturated rings. The van der Waals surface area contributed by atoms with Crippen LogP contribution in [-0.2, 0) is 56.9 Å². The van der Waals surface area contributed by atoms with Gasteiger partial charge in [0.2, 0.25) is 20.0 Å². The quantitative estimate of drug-likeness (QED) is 0.0173. The zero-order valence-electron chi connectivity index (χ0n) is 50.6. The minimum absolute atomic E-state index is 0.0220. The number of carbonyl (C=O) groups excluding carboxylic acids is 3. The Bertz CT molecular complexity index is 4230. The van der Waals surface area contributed by atoms with Gasteiger partial charge < -0.3 is 59.7 Å². The smallest absolute Gasteiger partial charge is 0.339 e. The predicted molar refractivity (Wildman–Crippen MR) is 339 cm³/mol. The van der Waals surface area contributed by atoms with Crippen molar-refractivity contribution in [2.24, 2.45) is 0 Å². The third-order valence-electron chi connectivity index (χ3n) is 15.2. The molecule has 7 N–H and O–H groups in total. The molecule has 0 radical (unpaired) electrons. The molecule has 2 saturated carbocycles. The second kappa shape index (κ2) is 28.9. The molecule has 482 valence electrons. The van der Waals surface area contributed by atoms with Crippen LogP contribution in [0.1, 0.15) is 101 Å². The number of hydrogen-bond acceptors (Lipinski definition) is 17. The summed E-state index contributed by atoms with van der Waals surface area (Å²) in [7, 11) is -3.16. The highest BCUT2D eigenvalue weighted by Gasteiger charge is 2.35. The van der Waals surface area contributed by atoms with E-state index in [4.69, 9.17) is 49.1 Å². The molecule has 2 heterocycles. The van der Waals surface area contributed by atoms with Crippen molar-refractivity contribution in [3.8, 4) is 22.6 Å². The fraction of sp³-hybridized carbons (Fsp3) is 0.323. The molecule has 0 saturated heterocycles. The van der Waals surface area contributed by atoms with E-state index < -0.39 is 43.6 Å². The van der Waals surface area contributed by atoms with Crippen LogP contribution in [0, 0.1) is 11.6 Å². The van der Waals surface area contributed by atoms with Crippen LogP contribution in [0.2, 0.25) is 0 Å². The number of methoxy groups -OCH3 is 1. The second-order valence-corrected chi connectivity index (χ2v) is 25.6. The number of nitrogen functional groups attached to an aromatic ring is 2. The molecule has 0 spiro atoms. The van der Waals surface area contributed by atoms with Crippen molar-refractivity contribution in [1.82, 2.24) is 10.6 Å². The first-order valence-electron chi connectivity index (χ1n) is 29.0. The number of nitrogens with zero attached hydrogens (tertiary/aromatic N) is 2. The number of furan rings is 2. The molecule has 10 rings (SSSR count). The number of rotatable bonds is 28. The molecule has 2 aliphatic rings. The number of nitrogens with two attached hydrogens (primary N) is 2. The number of fused-ring (bicyclic) bond motifs is 2. The highest BCUT2D eigenvalue weighted by Crippen LogP contribution is 2.50. The number of halogens is 2. The number of sulfonamides is 2. The number of hydrogen-bond donors (Lipinski definition) is 5. The Balaban J connectivity index is 0.000000215. The predicted octanol–water partition coefficient (Wildman–Crippen LogP) is 9.60. The summed E-state index contributed by atoms with van der Waals surface area (Å²) >= 11 is 0. The van der Waals surface area contributed by atoms with Crippen LogP contribution in [0.25, 0.3) is 44.6 Å². The van der Waals surface area contributed by atoms with Crippen LogP contribution in [0.4, 0.5) is 31.5 Å². The number of anilines is 4. The topological polar surface area (TPSA) is 312 Å². The van der Waals surface area contributed by atoms with Crippen molar-refractivity contribution in [1.29, 1.82) is 0 Å². The first-order chi connectivity index (χ1) is 43.5. The zero-order chi connectivity index (χ0) is 65.3. The highest BCUT2D eigenvalue weighted by atomic mass is 32.2. The molecule has 2 aromatic heterocycles. The molecule has 26 heteroatoms. The van der Waals surface area contributed by atoms with Crippen molar-refractivity contribution in [3.05, 3.63) is 165 Å². The molecule has 0 unspecified atom stereocenters. The maximum atomic E-state index is 13.6. The van der Waals surface area contributed by atoms with Gasteiger partial charge in [0.25, 0.3) is 11.8 Å². The van der Waals surface area contributed by atoms with E-state index in [2.05, 4.69) is 10.6 Å². The van der Waals surface area contributed by atoms with Crippen LogP contribution < -0.4 is 30.7 Å². The lowest BCUT2D eigenvalue weighted by Gasteiger charge is -2.25. The van der Waals surface area contributed by atoms with Gasteiger partial charge in [0.05, 0.1) is 119 Å². The monoisotopic (exact) mass is 1290 g/mol. The molecule has 0 atom stereocenters. The van der Waals surface area contributed by atoms with Gasteiger partial charge >= 0.3 is 11.9 Å². The Hall–Kier alpha value is -8.92. The van der Waals surface area contributed by atoms with Crippen molar-refractivity contribution in [2.75, 3.05) is 107 Å². The van der Waals surface area contributed by atoms with E-state index in [1.54, 1.807) is 42.5 Å². The van der Waals surface area contributed by atoms with Gasteiger partial charge in [0.15, 0.2) is 0 Å². The number of amides is 2. The number of esters is 1. The lowest BCUT2D eigenvalue weighted by Crippen LogP contribution is -2.34. The molecule has 2 amide bonds. The van der Waals surface area contributed by atoms with Crippen molar-refractivity contribution < 1.29 is 82.4 Å². The summed E-state index contributed by atoms with van der Waals surface area (Å²) < 4.78 is 122. The van der Waals surface area contributed by atoms with Crippen LogP contribution >= 0.6 is 0 Å². The normalized spacial score (nSPS) is 13.2. The summed E-state index contributed by atoms with van der Waals surface area (Å²) in [5, 5.41) is 15.5. The van der Waals surface area contributed by atoms with E-state index in [0.29, 0.717) is 66.8 Å². The van der Waals surface area contributed by atoms with Crippen LogP contribution in [0.3, 0.4) is 0 Å². The van der Waals surface area contributed by atoms with Crippen molar-refractivity contribution in [3.63, 3.8) is 0 Å². The number of carboxylic acid groups (broad SMARTS) is 1. The fourth-order valence-corrected chi connectivity index (χ4v) is 12.3. The highest BCUT2D eigenvalue weighted by molar-refractivity contribution is 7.92. The Morgan fingerprint density at radius 1 is 0.560 bits per heavy atom. The van der Waals surface area contributed by atoms with Crippen LogP contribution in [-0.4, -0.2) is 132 Å². The Labute approximate surface area is 524 Å². The maximum Gasteiger partial charge on any atom is 0.339 e. The summed E-state index contributed by atoms with van der Waals surface area (Å²) in [4.78, 5) is 48.9. The lowest BCUT2D eigenvalue weighted by atomic mass is 10.0. The van der Waals surface area contributed by atoms with Gasteiger partial charge in [-0.3, -0.25) is 18.2 Å². The van der Waals surface area contributed by atoms with E-state index in [1.165, 1.54) is 84.4 Å². The Morgan fingerprint density at radius 3 is 1.29 bits per heavy atom. The first-order valence-corrected chi connectivity index (χ1v) is 32.7. The van der Waals surface area contributed by atoms with Crippen molar-refractivity contribution in [2.45, 2.75) is 50.7 Å². The SMILES string of the molecule is CNC(=O)c1c(-c2ccc(F)cc2)oc2cc(N(CCOCCOCc3ccc(C(=O)O)c(N)c3)S(C)(=O)=O)c(C3CC3)cc12.CNC(=O)c1c(-c2ccc(F)cc2)oc2cc(N(CCOCCOCc3ccc(C(=O)OC)c(N)c3)S(C)(=O)=O)c(C3CC3)cc12. The molecular formula is C65H70F2N6O16S2. The number of aromatic carboxylic acids is 1. The molecule has 8 aromatic rings. The van der Waals surface area contributed by atoms with Gasteiger partial charge in [-0.25, -0.2) is 35.2 Å². The van der Waals surface area contributed by atoms with E-state index in [0.717, 1.165) is 54.9 Å². The largest absolute Gasteiger partial charge is 0.478 e. The van der Waals surface area contributed by atoms with Gasteiger partial charge in [0, 0.05) is 59.5 Å². The first kappa shape index (κ1) is 66.5. The zero-order valence-corrected chi connectivity index (χ0v) is 52.3. The third kappa shape index (κ3) is 16.2. The summed E-state index contributed by atoms with van der Waals surface area (Å²) in [5.41, 5.74) is 18.7. The molecular weight excluding hydrogens is 1220 g/mol. The average Bonchev–Trinajstić information content (AvgIpc) is 1.62. The number of ether oxygens (including phenoxy) is 5. The van der Waals surface area contributed by atoms with Gasteiger partial charge in [0.1, 0.15) is 34.3 Å². The number of benzene rings is 6. The molecule has 2 aliphatic carbocycles. The lowest BCUT2D eigenvalue weighted by molar-refractivity contribution is 0.0435. The second-order valence-electron chi connectivity index (χ2n) is 21.8. The molecule has 22 nitrogen and oxygen atoms in total. The van der Waals surface area contributed by atoms with E-state index in [-0.39, 0.29) is 118 Å². The standard InChI is InChI=1S/C33H36FN3O8S.C32H34FN3O8S/c1-36-32(38)30-26-17-25(21-5-6-21)28(18-29(26)45-31(30)22-7-9-23(34)10-8-22)37(46(3,40)41)12-13-43-14-15-44-19-20-4-11-24(27(35)16-20)33(39)42-2;1-35-31(37)29-25-16-24(20-4-5-20)27(17-28(25)44-30(29)21-6-8-22(33)9-7-21)36(45(2,40)41)11-12-42-13-14-43-18-19-3-10-23(32(38)39)26(34)15-19/h4,7-11,16-18,21H,5-6,12-15,19,35H2,1-3H3,(H,36,38);3,6-10,15-17,20H,4-5,11-14,18,34H2,1-2H3,(H,35,37)(H,38,39). The van der Waals surface area contributed by atoms with E-state index in [1.807, 2.05) is 12.1 Å². The summed E-state index contributed by atoms with van der Waals surface area (Å²) in [6.45, 7) is 1.60. The summed E-state index contributed by atoms with van der Waals surface area (Å²) in [6.07, 6.45) is 5.80. The Kier molecular flexibility index (Phi) is 21.1. The summed E-state index contributed by atoms with van der Waals surface area (Å²) in [6, 6.07) is 27.7. The fourth-order valence-electron chi connectivity index (χ4n) is 10.4. The minimum Gasteiger partial charge on any atom is -0.478 e. The molecule has 0 bridgehead atoms. The van der Waals surface area contributed by atoms with Crippen LogP contribution in [0.5, 0.6) is 0 Å². The minimum atomic E-state index is -3.74. The van der Waals surface area contributed by atoms with Gasteiger partial charge in [-0.1, -0.05) is 12.1 Å². The number of carboxylic acids is 1. The molecule has 0 aliphatic heterocycles. The maximum absolute atomic E-state index is 13.6. The van der Waals surface area contributed by atoms with Gasteiger partial charge in [-0.05, 0) is 145 Å². The van der Waals surface area contributed by atoms with Gasteiger partial charge in [-0.15, -0.1) is 0 Å². The Morgan fingerprint density at radius 2 is 0.945 bits per heavy atom. The van der Waals surface area contributed by atoms with Gasteiger partial charge in [-0.2, -0.15) is 0 Å². The molecule has 6 aromatic carbocycles. The van der Waals surface area contributed by atoms with E-state index in [9.17, 15) is 44.8 Å². The summed E-state index contributed by atoms with van der Waals surface area (Å²) in [5.74, 6) is -2.42. The third-order valence-corrected chi connectivity index (χ3v) is 17.6.